The van der Waals surface area contributed by atoms with E-state index in [0.717, 1.165) is 5.56 Å². The molecular formula is C21H19N5O3. The molecule has 0 spiro atoms. The fraction of sp³-hybridized carbons (Fsp3) is 0.143. The van der Waals surface area contributed by atoms with Gasteiger partial charge in [0.1, 0.15) is 11.3 Å². The number of benzene rings is 2. The van der Waals surface area contributed by atoms with Gasteiger partial charge in [-0.3, -0.25) is 4.79 Å². The SMILES string of the molecule is Cc1cc(Oc2ncccn2)ccc1NC(=O)c1ccc2oc(N(C)C)nc2c1. The maximum absolute atomic E-state index is 12.7. The Morgan fingerprint density at radius 1 is 1.10 bits per heavy atom. The fourth-order valence-electron chi connectivity index (χ4n) is 2.73. The van der Waals surface area contributed by atoms with Gasteiger partial charge in [-0.2, -0.15) is 4.98 Å². The maximum Gasteiger partial charge on any atom is 0.321 e. The largest absolute Gasteiger partial charge is 0.424 e. The number of fused-ring (bicyclic) bond motifs is 1. The maximum atomic E-state index is 12.7. The zero-order chi connectivity index (χ0) is 20.4. The molecule has 0 unspecified atom stereocenters. The third kappa shape index (κ3) is 4.01. The Bertz CT molecular complexity index is 1170. The van der Waals surface area contributed by atoms with E-state index >= 15 is 0 Å². The number of rotatable bonds is 5. The topological polar surface area (TPSA) is 93.4 Å². The smallest absolute Gasteiger partial charge is 0.321 e. The van der Waals surface area contributed by atoms with Gasteiger partial charge in [0.05, 0.1) is 0 Å². The standard InChI is InChI=1S/C21H19N5O3/c1-13-11-15(28-20-22-9-4-10-23-20)6-7-16(13)24-19(27)14-5-8-18-17(12-14)25-21(29-18)26(2)3/h4-12H,1-3H3,(H,24,27). The molecule has 0 fully saturated rings. The van der Waals surface area contributed by atoms with E-state index < -0.39 is 0 Å². The summed E-state index contributed by atoms with van der Waals surface area (Å²) in [5.74, 6) is 0.358. The van der Waals surface area contributed by atoms with Gasteiger partial charge in [0.15, 0.2) is 5.58 Å². The number of nitrogens with zero attached hydrogens (tertiary/aromatic N) is 4. The lowest BCUT2D eigenvalue weighted by Crippen LogP contribution is -2.12. The summed E-state index contributed by atoms with van der Waals surface area (Å²) in [6, 6.07) is 13.0. The van der Waals surface area contributed by atoms with E-state index in [9.17, 15) is 4.79 Å². The molecule has 0 aliphatic heterocycles. The summed E-state index contributed by atoms with van der Waals surface area (Å²) in [5.41, 5.74) is 3.29. The van der Waals surface area contributed by atoms with Crippen LogP contribution in [0.5, 0.6) is 11.8 Å². The van der Waals surface area contributed by atoms with Crippen molar-refractivity contribution in [3.05, 3.63) is 66.0 Å². The number of carbonyl (C=O) groups is 1. The van der Waals surface area contributed by atoms with E-state index in [2.05, 4.69) is 20.3 Å². The zero-order valence-electron chi connectivity index (χ0n) is 16.2. The highest BCUT2D eigenvalue weighted by atomic mass is 16.5. The van der Waals surface area contributed by atoms with E-state index in [4.69, 9.17) is 9.15 Å². The van der Waals surface area contributed by atoms with Crippen LogP contribution in [0.4, 0.5) is 11.7 Å². The molecule has 2 heterocycles. The molecule has 1 N–H and O–H groups in total. The number of carbonyl (C=O) groups excluding carboxylic acids is 1. The molecule has 0 saturated carbocycles. The van der Waals surface area contributed by atoms with Crippen molar-refractivity contribution in [3.8, 4) is 11.8 Å². The van der Waals surface area contributed by atoms with Gasteiger partial charge < -0.3 is 19.4 Å². The number of hydrogen-bond acceptors (Lipinski definition) is 7. The van der Waals surface area contributed by atoms with Crippen molar-refractivity contribution in [2.24, 2.45) is 0 Å². The normalized spacial score (nSPS) is 10.7. The molecular weight excluding hydrogens is 370 g/mol. The molecule has 8 heteroatoms. The predicted octanol–water partition coefficient (Wildman–Crippen LogP) is 4.04. The summed E-state index contributed by atoms with van der Waals surface area (Å²) < 4.78 is 11.2. The summed E-state index contributed by atoms with van der Waals surface area (Å²) in [6.07, 6.45) is 3.22. The van der Waals surface area contributed by atoms with E-state index in [1.165, 1.54) is 0 Å². The highest BCUT2D eigenvalue weighted by molar-refractivity contribution is 6.06. The first-order valence-electron chi connectivity index (χ1n) is 8.94. The number of ether oxygens (including phenoxy) is 1. The van der Waals surface area contributed by atoms with Crippen LogP contribution in [-0.4, -0.2) is 35.0 Å². The third-order valence-electron chi connectivity index (χ3n) is 4.22. The van der Waals surface area contributed by atoms with E-state index in [1.807, 2.05) is 27.1 Å². The van der Waals surface area contributed by atoms with E-state index in [0.29, 0.717) is 34.1 Å². The van der Waals surface area contributed by atoms with Crippen LogP contribution in [-0.2, 0) is 0 Å². The van der Waals surface area contributed by atoms with Crippen molar-refractivity contribution in [1.29, 1.82) is 0 Å². The molecule has 0 radical (unpaired) electrons. The summed E-state index contributed by atoms with van der Waals surface area (Å²) in [4.78, 5) is 26.9. The van der Waals surface area contributed by atoms with Gasteiger partial charge in [0.25, 0.3) is 11.9 Å². The zero-order valence-corrected chi connectivity index (χ0v) is 16.2. The van der Waals surface area contributed by atoms with Crippen LogP contribution in [0.15, 0.2) is 59.3 Å². The summed E-state index contributed by atoms with van der Waals surface area (Å²) in [5, 5.41) is 2.92. The van der Waals surface area contributed by atoms with Gasteiger partial charge >= 0.3 is 6.01 Å². The quantitative estimate of drug-likeness (QED) is 0.550. The van der Waals surface area contributed by atoms with Crippen molar-refractivity contribution in [3.63, 3.8) is 0 Å². The Balaban J connectivity index is 1.51. The number of oxazole rings is 1. The predicted molar refractivity (Wildman–Crippen MR) is 110 cm³/mol. The molecule has 8 nitrogen and oxygen atoms in total. The first kappa shape index (κ1) is 18.4. The van der Waals surface area contributed by atoms with Gasteiger partial charge in [0, 0.05) is 37.7 Å². The lowest BCUT2D eigenvalue weighted by Gasteiger charge is -2.10. The molecule has 0 saturated heterocycles. The molecule has 0 aliphatic rings. The van der Waals surface area contributed by atoms with Gasteiger partial charge in [-0.1, -0.05) is 0 Å². The van der Waals surface area contributed by atoms with Crippen LogP contribution in [0.2, 0.25) is 0 Å². The Kier molecular flexibility index (Phi) is 4.82. The Morgan fingerprint density at radius 2 is 1.90 bits per heavy atom. The number of hydrogen-bond donors (Lipinski definition) is 1. The molecule has 4 rings (SSSR count). The number of nitrogens with one attached hydrogen (secondary N) is 1. The van der Waals surface area contributed by atoms with Crippen molar-refractivity contribution in [2.75, 3.05) is 24.3 Å². The molecule has 4 aromatic rings. The minimum atomic E-state index is -0.232. The van der Waals surface area contributed by atoms with Crippen molar-refractivity contribution >= 4 is 28.7 Å². The second-order valence-electron chi connectivity index (χ2n) is 6.64. The number of amides is 1. The molecule has 2 aromatic heterocycles. The summed E-state index contributed by atoms with van der Waals surface area (Å²) in [6.45, 7) is 1.89. The lowest BCUT2D eigenvalue weighted by atomic mass is 10.1. The van der Waals surface area contributed by atoms with Crippen LogP contribution in [0.25, 0.3) is 11.1 Å². The Morgan fingerprint density at radius 3 is 2.62 bits per heavy atom. The average molecular weight is 389 g/mol. The first-order valence-corrected chi connectivity index (χ1v) is 8.94. The lowest BCUT2D eigenvalue weighted by molar-refractivity contribution is 0.102. The van der Waals surface area contributed by atoms with Crippen molar-refractivity contribution in [2.45, 2.75) is 6.92 Å². The second-order valence-corrected chi connectivity index (χ2v) is 6.64. The summed E-state index contributed by atoms with van der Waals surface area (Å²) in [7, 11) is 3.69. The minimum absolute atomic E-state index is 0.232. The number of aryl methyl sites for hydroxylation is 1. The Labute approximate surface area is 167 Å². The Hall–Kier alpha value is -3.94. The number of aromatic nitrogens is 3. The van der Waals surface area contributed by atoms with E-state index in [1.54, 1.807) is 53.7 Å². The van der Waals surface area contributed by atoms with Crippen LogP contribution in [0.1, 0.15) is 15.9 Å². The minimum Gasteiger partial charge on any atom is -0.424 e. The second kappa shape index (κ2) is 7.59. The van der Waals surface area contributed by atoms with Crippen LogP contribution in [0.3, 0.4) is 0 Å². The molecule has 0 aliphatic carbocycles. The number of anilines is 2. The molecule has 29 heavy (non-hydrogen) atoms. The average Bonchev–Trinajstić information content (AvgIpc) is 3.14. The molecule has 0 atom stereocenters. The van der Waals surface area contributed by atoms with Crippen molar-refractivity contribution in [1.82, 2.24) is 15.0 Å². The van der Waals surface area contributed by atoms with Crippen LogP contribution >= 0.6 is 0 Å². The fourth-order valence-corrected chi connectivity index (χ4v) is 2.73. The highest BCUT2D eigenvalue weighted by Gasteiger charge is 2.13. The third-order valence-corrected chi connectivity index (χ3v) is 4.22. The molecule has 1 amide bonds. The van der Waals surface area contributed by atoms with Crippen molar-refractivity contribution < 1.29 is 13.9 Å². The van der Waals surface area contributed by atoms with Gasteiger partial charge in [0.2, 0.25) is 0 Å². The van der Waals surface area contributed by atoms with Gasteiger partial charge in [-0.25, -0.2) is 9.97 Å². The first-order chi connectivity index (χ1) is 14.0. The van der Waals surface area contributed by atoms with Gasteiger partial charge in [-0.15, -0.1) is 0 Å². The van der Waals surface area contributed by atoms with Crippen LogP contribution in [0, 0.1) is 6.92 Å². The molecule has 2 aromatic carbocycles. The molecule has 146 valence electrons. The molecule has 0 bridgehead atoms. The monoisotopic (exact) mass is 389 g/mol. The highest BCUT2D eigenvalue weighted by Crippen LogP contribution is 2.26. The van der Waals surface area contributed by atoms with Crippen LogP contribution < -0.4 is 15.0 Å². The summed E-state index contributed by atoms with van der Waals surface area (Å²) >= 11 is 0. The van der Waals surface area contributed by atoms with E-state index in [-0.39, 0.29) is 11.9 Å². The van der Waals surface area contributed by atoms with Gasteiger partial charge in [-0.05, 0) is 55.0 Å².